The Kier molecular flexibility index (Phi) is 5.45. The van der Waals surface area contributed by atoms with Crippen molar-refractivity contribution in [2.75, 3.05) is 10.7 Å². The summed E-state index contributed by atoms with van der Waals surface area (Å²) in [6, 6.07) is 25.7. The monoisotopic (exact) mass is 449 g/mol. The lowest BCUT2D eigenvalue weighted by Crippen LogP contribution is -2.34. The smallest absolute Gasteiger partial charge is 0.242 e. The van der Waals surface area contributed by atoms with E-state index >= 15 is 0 Å². The van der Waals surface area contributed by atoms with Crippen LogP contribution < -0.4 is 16.2 Å². The molecule has 0 amide bonds. The number of benzene rings is 3. The predicted octanol–water partition coefficient (Wildman–Crippen LogP) is 5.37. The highest BCUT2D eigenvalue weighted by molar-refractivity contribution is 9.10. The van der Waals surface area contributed by atoms with Crippen molar-refractivity contribution in [1.82, 2.24) is 15.4 Å². The number of halogens is 1. The molecular formula is C21H16BrN5S. The van der Waals surface area contributed by atoms with Gasteiger partial charge in [-0.1, -0.05) is 64.5 Å². The zero-order chi connectivity index (χ0) is 19.3. The van der Waals surface area contributed by atoms with Gasteiger partial charge >= 0.3 is 0 Å². The van der Waals surface area contributed by atoms with Crippen LogP contribution in [0, 0.1) is 0 Å². The van der Waals surface area contributed by atoms with Gasteiger partial charge in [-0.15, -0.1) is 0 Å². The zero-order valence-electron chi connectivity index (χ0n) is 14.7. The minimum Gasteiger partial charge on any atom is -0.331 e. The first-order valence-electron chi connectivity index (χ1n) is 8.60. The maximum atomic E-state index is 5.33. The average molecular weight is 450 g/mol. The largest absolute Gasteiger partial charge is 0.331 e. The lowest BCUT2D eigenvalue weighted by molar-refractivity contribution is 1.06. The Morgan fingerprint density at radius 3 is 2.32 bits per heavy atom. The number of hydrogen-bond acceptors (Lipinski definition) is 4. The van der Waals surface area contributed by atoms with Crippen LogP contribution in [0.1, 0.15) is 0 Å². The van der Waals surface area contributed by atoms with Gasteiger partial charge in [0, 0.05) is 21.1 Å². The summed E-state index contributed by atoms with van der Waals surface area (Å²) in [4.78, 5) is 9.29. The molecular weight excluding hydrogens is 434 g/mol. The normalized spacial score (nSPS) is 10.5. The number of hydrazine groups is 1. The Labute approximate surface area is 176 Å². The summed E-state index contributed by atoms with van der Waals surface area (Å²) in [6.45, 7) is 0. The van der Waals surface area contributed by atoms with E-state index in [-0.39, 0.29) is 0 Å². The molecule has 4 aromatic rings. The van der Waals surface area contributed by atoms with Crippen molar-refractivity contribution < 1.29 is 0 Å². The number of fused-ring (bicyclic) bond motifs is 1. The lowest BCUT2D eigenvalue weighted by Gasteiger charge is -2.13. The molecule has 0 aliphatic carbocycles. The molecule has 1 aromatic heterocycles. The first kappa shape index (κ1) is 18.3. The number of nitrogens with zero attached hydrogens (tertiary/aromatic N) is 2. The summed E-state index contributed by atoms with van der Waals surface area (Å²) in [5.74, 6) is 0.436. The molecule has 3 aromatic carbocycles. The van der Waals surface area contributed by atoms with E-state index in [4.69, 9.17) is 17.2 Å². The van der Waals surface area contributed by atoms with E-state index in [1.54, 1.807) is 0 Å². The summed E-state index contributed by atoms with van der Waals surface area (Å²) in [6.07, 6.45) is 0. The van der Waals surface area contributed by atoms with Crippen molar-refractivity contribution in [3.05, 3.63) is 83.3 Å². The van der Waals surface area contributed by atoms with Gasteiger partial charge in [0.05, 0.1) is 11.2 Å². The quantitative estimate of drug-likeness (QED) is 0.287. The predicted molar refractivity (Wildman–Crippen MR) is 122 cm³/mol. The summed E-state index contributed by atoms with van der Waals surface area (Å²) in [5, 5.41) is 4.49. The molecule has 0 aliphatic heterocycles. The van der Waals surface area contributed by atoms with Gasteiger partial charge in [0.15, 0.2) is 5.11 Å². The minimum absolute atomic E-state index is 0.423. The molecule has 0 aliphatic rings. The van der Waals surface area contributed by atoms with Gasteiger partial charge in [0.1, 0.15) is 0 Å². The Balaban J connectivity index is 1.61. The molecule has 0 saturated heterocycles. The molecule has 3 N–H and O–H groups in total. The minimum atomic E-state index is 0.423. The number of nitrogens with one attached hydrogen (secondary N) is 3. The zero-order valence-corrected chi connectivity index (χ0v) is 17.1. The van der Waals surface area contributed by atoms with E-state index in [0.717, 1.165) is 32.3 Å². The third kappa shape index (κ3) is 4.27. The second kappa shape index (κ2) is 8.33. The molecule has 0 unspecified atom stereocenters. The molecule has 0 bridgehead atoms. The fourth-order valence-electron chi connectivity index (χ4n) is 2.77. The van der Waals surface area contributed by atoms with Crippen molar-refractivity contribution in [2.45, 2.75) is 0 Å². The molecule has 4 rings (SSSR count). The highest BCUT2D eigenvalue weighted by Crippen LogP contribution is 2.29. The van der Waals surface area contributed by atoms with E-state index in [2.05, 4.69) is 37.1 Å². The van der Waals surface area contributed by atoms with Crippen LogP contribution in [0.25, 0.3) is 22.2 Å². The lowest BCUT2D eigenvalue weighted by atomic mass is 10.1. The van der Waals surface area contributed by atoms with Crippen molar-refractivity contribution in [2.24, 2.45) is 0 Å². The molecule has 0 atom stereocenters. The Hall–Kier alpha value is -3.03. The topological polar surface area (TPSA) is 61.9 Å². The van der Waals surface area contributed by atoms with Crippen LogP contribution in [0.4, 0.5) is 11.6 Å². The number of para-hydroxylation sites is 1. The third-order valence-corrected chi connectivity index (χ3v) is 4.72. The first-order chi connectivity index (χ1) is 13.7. The van der Waals surface area contributed by atoms with E-state index in [1.165, 1.54) is 0 Å². The summed E-state index contributed by atoms with van der Waals surface area (Å²) < 4.78 is 0.979. The average Bonchev–Trinajstić information content (AvgIpc) is 2.73. The third-order valence-electron chi connectivity index (χ3n) is 4.02. The number of anilines is 2. The van der Waals surface area contributed by atoms with Gasteiger partial charge in [-0.3, -0.25) is 10.9 Å². The Morgan fingerprint density at radius 2 is 1.57 bits per heavy atom. The summed E-state index contributed by atoms with van der Waals surface area (Å²) in [5.41, 5.74) is 9.53. The molecule has 5 nitrogen and oxygen atoms in total. The van der Waals surface area contributed by atoms with Gasteiger partial charge < -0.3 is 5.32 Å². The first-order valence-corrected chi connectivity index (χ1v) is 9.80. The van der Waals surface area contributed by atoms with Gasteiger partial charge in [-0.2, -0.15) is 0 Å². The second-order valence-corrected chi connectivity index (χ2v) is 7.32. The van der Waals surface area contributed by atoms with Gasteiger partial charge in [0.2, 0.25) is 5.95 Å². The highest BCUT2D eigenvalue weighted by atomic mass is 79.9. The molecule has 7 heteroatoms. The van der Waals surface area contributed by atoms with Gasteiger partial charge in [0.25, 0.3) is 0 Å². The molecule has 0 radical (unpaired) electrons. The van der Waals surface area contributed by atoms with E-state index in [9.17, 15) is 0 Å². The standard InChI is InChI=1S/C21H16BrN5S/c22-15-11-12-18-17(13-15)19(14-7-3-1-4-8-14)25-20(24-18)26-27-21(28)23-16-9-5-2-6-10-16/h1-13H,(H2,23,27,28)(H,24,25,26). The maximum absolute atomic E-state index is 5.33. The van der Waals surface area contributed by atoms with Crippen molar-refractivity contribution in [1.29, 1.82) is 0 Å². The summed E-state index contributed by atoms with van der Waals surface area (Å²) in [7, 11) is 0. The fourth-order valence-corrected chi connectivity index (χ4v) is 3.30. The van der Waals surface area contributed by atoms with Crippen LogP contribution in [0.3, 0.4) is 0 Å². The number of rotatable bonds is 4. The van der Waals surface area contributed by atoms with Crippen LogP contribution in [0.15, 0.2) is 83.3 Å². The van der Waals surface area contributed by atoms with Crippen LogP contribution >= 0.6 is 28.1 Å². The number of hydrogen-bond donors (Lipinski definition) is 3. The molecule has 1 heterocycles. The fraction of sp³-hybridized carbons (Fsp3) is 0. The van der Waals surface area contributed by atoms with Crippen LogP contribution in [0.5, 0.6) is 0 Å². The molecule has 0 spiro atoms. The van der Waals surface area contributed by atoms with Gasteiger partial charge in [-0.25, -0.2) is 9.97 Å². The van der Waals surface area contributed by atoms with Crippen molar-refractivity contribution >= 4 is 55.8 Å². The number of aromatic nitrogens is 2. The van der Waals surface area contributed by atoms with E-state index in [0.29, 0.717) is 11.1 Å². The Bertz CT molecular complexity index is 1120. The molecule has 138 valence electrons. The van der Waals surface area contributed by atoms with Crippen molar-refractivity contribution in [3.8, 4) is 11.3 Å². The second-order valence-electron chi connectivity index (χ2n) is 5.99. The molecule has 28 heavy (non-hydrogen) atoms. The van der Waals surface area contributed by atoms with E-state index < -0.39 is 0 Å². The Morgan fingerprint density at radius 1 is 0.857 bits per heavy atom. The van der Waals surface area contributed by atoms with Crippen LogP contribution in [-0.4, -0.2) is 15.1 Å². The molecule has 0 fully saturated rings. The van der Waals surface area contributed by atoms with Crippen LogP contribution in [-0.2, 0) is 0 Å². The molecule has 0 saturated carbocycles. The van der Waals surface area contributed by atoms with E-state index in [1.807, 2.05) is 78.9 Å². The van der Waals surface area contributed by atoms with Gasteiger partial charge in [-0.05, 0) is 42.5 Å². The van der Waals surface area contributed by atoms with Crippen LogP contribution in [0.2, 0.25) is 0 Å². The highest BCUT2D eigenvalue weighted by Gasteiger charge is 2.10. The SMILES string of the molecule is S=C(NNc1nc(-c2ccccc2)c2cc(Br)ccc2n1)Nc1ccccc1. The summed E-state index contributed by atoms with van der Waals surface area (Å²) >= 11 is 8.86. The number of thiocarbonyl (C=S) groups is 1. The maximum Gasteiger partial charge on any atom is 0.242 e. The van der Waals surface area contributed by atoms with Crippen molar-refractivity contribution in [3.63, 3.8) is 0 Å².